The molecule has 2 aromatic carbocycles. The summed E-state index contributed by atoms with van der Waals surface area (Å²) < 4.78 is 27.2. The fourth-order valence-electron chi connectivity index (χ4n) is 3.17. The van der Waals surface area contributed by atoms with Gasteiger partial charge in [-0.15, -0.1) is 0 Å². The van der Waals surface area contributed by atoms with Crippen LogP contribution in [-0.4, -0.2) is 25.8 Å². The summed E-state index contributed by atoms with van der Waals surface area (Å²) in [6.07, 6.45) is 1.25. The standard InChI is InChI=1S/C18H22N2O2S/c1-15-7-5-6-10-17(15)23(21,22)20-13-11-18(19,12-14-20)16-8-3-2-4-9-16/h2-10H,11-14,19H2,1H3. The molecule has 1 fully saturated rings. The molecule has 0 saturated carbocycles. The lowest BCUT2D eigenvalue weighted by molar-refractivity contribution is 0.238. The van der Waals surface area contributed by atoms with Gasteiger partial charge in [-0.2, -0.15) is 4.31 Å². The van der Waals surface area contributed by atoms with Crippen LogP contribution in [0.25, 0.3) is 0 Å². The molecule has 2 aromatic rings. The molecule has 1 saturated heterocycles. The molecule has 5 heteroatoms. The molecule has 0 spiro atoms. The maximum atomic E-state index is 12.8. The van der Waals surface area contributed by atoms with E-state index in [1.807, 2.05) is 49.4 Å². The molecule has 0 atom stereocenters. The van der Waals surface area contributed by atoms with Crippen molar-refractivity contribution in [3.63, 3.8) is 0 Å². The highest BCUT2D eigenvalue weighted by atomic mass is 32.2. The minimum atomic E-state index is -3.45. The molecule has 0 bridgehead atoms. The maximum absolute atomic E-state index is 12.8. The Morgan fingerprint density at radius 3 is 2.13 bits per heavy atom. The molecule has 23 heavy (non-hydrogen) atoms. The zero-order valence-electron chi connectivity index (χ0n) is 13.3. The van der Waals surface area contributed by atoms with Crippen LogP contribution in [0.4, 0.5) is 0 Å². The second kappa shape index (κ2) is 6.07. The van der Waals surface area contributed by atoms with Crippen molar-refractivity contribution in [2.24, 2.45) is 5.73 Å². The Hall–Kier alpha value is -1.69. The molecule has 122 valence electrons. The van der Waals surface area contributed by atoms with E-state index in [2.05, 4.69) is 0 Å². The van der Waals surface area contributed by atoms with Crippen molar-refractivity contribution in [2.45, 2.75) is 30.2 Å². The summed E-state index contributed by atoms with van der Waals surface area (Å²) >= 11 is 0. The van der Waals surface area contributed by atoms with Crippen LogP contribution in [0.2, 0.25) is 0 Å². The first kappa shape index (κ1) is 16.2. The number of nitrogens with two attached hydrogens (primary N) is 1. The molecule has 0 radical (unpaired) electrons. The van der Waals surface area contributed by atoms with Gasteiger partial charge < -0.3 is 5.73 Å². The Labute approximate surface area is 138 Å². The second-order valence-electron chi connectivity index (χ2n) is 6.19. The molecule has 3 rings (SSSR count). The molecule has 0 unspecified atom stereocenters. The van der Waals surface area contributed by atoms with Gasteiger partial charge in [0.05, 0.1) is 4.90 Å². The maximum Gasteiger partial charge on any atom is 0.243 e. The number of hydrogen-bond acceptors (Lipinski definition) is 3. The zero-order valence-corrected chi connectivity index (χ0v) is 14.1. The van der Waals surface area contributed by atoms with Crippen LogP contribution in [0.5, 0.6) is 0 Å². The van der Waals surface area contributed by atoms with Gasteiger partial charge in [0.2, 0.25) is 10.0 Å². The fourth-order valence-corrected chi connectivity index (χ4v) is 4.84. The minimum absolute atomic E-state index is 0.393. The van der Waals surface area contributed by atoms with Crippen LogP contribution < -0.4 is 5.73 Å². The number of aryl methyl sites for hydroxylation is 1. The Bertz CT molecular complexity index is 780. The molecular formula is C18H22N2O2S. The highest BCUT2D eigenvalue weighted by Crippen LogP contribution is 2.32. The number of rotatable bonds is 3. The quantitative estimate of drug-likeness (QED) is 0.941. The van der Waals surface area contributed by atoms with Gasteiger partial charge in [0, 0.05) is 18.6 Å². The van der Waals surface area contributed by atoms with Crippen molar-refractivity contribution in [1.29, 1.82) is 0 Å². The largest absolute Gasteiger partial charge is 0.321 e. The molecule has 1 aliphatic heterocycles. The van der Waals surface area contributed by atoms with E-state index in [0.717, 1.165) is 11.1 Å². The van der Waals surface area contributed by atoms with Gasteiger partial charge in [-0.05, 0) is 37.0 Å². The first-order chi connectivity index (χ1) is 10.9. The van der Waals surface area contributed by atoms with Crippen molar-refractivity contribution < 1.29 is 8.42 Å². The van der Waals surface area contributed by atoms with Crippen LogP contribution in [-0.2, 0) is 15.6 Å². The van der Waals surface area contributed by atoms with Crippen LogP contribution in [0.3, 0.4) is 0 Å². The second-order valence-corrected chi connectivity index (χ2v) is 8.10. The third-order valence-corrected chi connectivity index (χ3v) is 6.73. The molecule has 0 aliphatic carbocycles. The topological polar surface area (TPSA) is 63.4 Å². The summed E-state index contributed by atoms with van der Waals surface area (Å²) in [7, 11) is -3.45. The van der Waals surface area contributed by atoms with Gasteiger partial charge in [0.25, 0.3) is 0 Å². The Morgan fingerprint density at radius 1 is 0.957 bits per heavy atom. The van der Waals surface area contributed by atoms with Gasteiger partial charge in [-0.1, -0.05) is 48.5 Å². The predicted octanol–water partition coefficient (Wildman–Crippen LogP) is 2.63. The SMILES string of the molecule is Cc1ccccc1S(=O)(=O)N1CCC(N)(c2ccccc2)CC1. The first-order valence-electron chi connectivity index (χ1n) is 7.84. The summed E-state index contributed by atoms with van der Waals surface area (Å²) in [5, 5.41) is 0. The van der Waals surface area contributed by atoms with Crippen molar-refractivity contribution in [2.75, 3.05) is 13.1 Å². The molecular weight excluding hydrogens is 308 g/mol. The van der Waals surface area contributed by atoms with E-state index >= 15 is 0 Å². The van der Waals surface area contributed by atoms with Crippen LogP contribution in [0.15, 0.2) is 59.5 Å². The molecule has 2 N–H and O–H groups in total. The summed E-state index contributed by atoms with van der Waals surface area (Å²) in [6, 6.07) is 17.1. The Morgan fingerprint density at radius 2 is 1.52 bits per heavy atom. The van der Waals surface area contributed by atoms with Crippen molar-refractivity contribution in [3.8, 4) is 0 Å². The van der Waals surface area contributed by atoms with Gasteiger partial charge in [-0.25, -0.2) is 8.42 Å². The zero-order chi connectivity index (χ0) is 16.5. The van der Waals surface area contributed by atoms with E-state index in [-0.39, 0.29) is 0 Å². The molecule has 4 nitrogen and oxygen atoms in total. The minimum Gasteiger partial charge on any atom is -0.321 e. The highest BCUT2D eigenvalue weighted by Gasteiger charge is 2.37. The van der Waals surface area contributed by atoms with Gasteiger partial charge in [-0.3, -0.25) is 0 Å². The van der Waals surface area contributed by atoms with Crippen molar-refractivity contribution in [3.05, 3.63) is 65.7 Å². The molecule has 1 heterocycles. The lowest BCUT2D eigenvalue weighted by atomic mass is 9.83. The summed E-state index contributed by atoms with van der Waals surface area (Å²) in [5.74, 6) is 0. The van der Waals surface area contributed by atoms with E-state index in [9.17, 15) is 8.42 Å². The third kappa shape index (κ3) is 3.04. The van der Waals surface area contributed by atoms with E-state index in [1.165, 1.54) is 0 Å². The summed E-state index contributed by atoms with van der Waals surface area (Å²) in [5.41, 5.74) is 7.94. The predicted molar refractivity (Wildman–Crippen MR) is 91.5 cm³/mol. The summed E-state index contributed by atoms with van der Waals surface area (Å²) in [4.78, 5) is 0.393. The van der Waals surface area contributed by atoms with Crippen LogP contribution in [0, 0.1) is 6.92 Å². The Balaban J connectivity index is 1.81. The van der Waals surface area contributed by atoms with Gasteiger partial charge in [0.1, 0.15) is 0 Å². The monoisotopic (exact) mass is 330 g/mol. The number of nitrogens with zero attached hydrogens (tertiary/aromatic N) is 1. The smallest absolute Gasteiger partial charge is 0.243 e. The highest BCUT2D eigenvalue weighted by molar-refractivity contribution is 7.89. The average molecular weight is 330 g/mol. The lowest BCUT2D eigenvalue weighted by Crippen LogP contribution is -2.49. The van der Waals surface area contributed by atoms with E-state index in [0.29, 0.717) is 30.8 Å². The number of sulfonamides is 1. The Kier molecular flexibility index (Phi) is 4.27. The van der Waals surface area contributed by atoms with E-state index in [4.69, 9.17) is 5.73 Å². The van der Waals surface area contributed by atoms with Crippen LogP contribution >= 0.6 is 0 Å². The van der Waals surface area contributed by atoms with Crippen molar-refractivity contribution in [1.82, 2.24) is 4.31 Å². The van der Waals surface area contributed by atoms with Gasteiger partial charge in [0.15, 0.2) is 0 Å². The molecule has 1 aliphatic rings. The van der Waals surface area contributed by atoms with E-state index in [1.54, 1.807) is 16.4 Å². The molecule has 0 aromatic heterocycles. The molecule has 0 amide bonds. The first-order valence-corrected chi connectivity index (χ1v) is 9.28. The average Bonchev–Trinajstić information content (AvgIpc) is 2.56. The lowest BCUT2D eigenvalue weighted by Gasteiger charge is -2.39. The van der Waals surface area contributed by atoms with Gasteiger partial charge >= 0.3 is 0 Å². The third-order valence-electron chi connectivity index (χ3n) is 4.67. The fraction of sp³-hybridized carbons (Fsp3) is 0.333. The number of piperidine rings is 1. The summed E-state index contributed by atoms with van der Waals surface area (Å²) in [6.45, 7) is 2.72. The van der Waals surface area contributed by atoms with Crippen LogP contribution in [0.1, 0.15) is 24.0 Å². The normalized spacial score (nSPS) is 18.7. The van der Waals surface area contributed by atoms with E-state index < -0.39 is 15.6 Å². The number of hydrogen-bond donors (Lipinski definition) is 1. The number of benzene rings is 2. The van der Waals surface area contributed by atoms with Crippen molar-refractivity contribution >= 4 is 10.0 Å².